The molecule has 2 rings (SSSR count). The Labute approximate surface area is 148 Å². The number of phenolic OH excluding ortho intramolecular Hbond substituents is 1. The van der Waals surface area contributed by atoms with Crippen LogP contribution in [0.3, 0.4) is 0 Å². The van der Waals surface area contributed by atoms with Gasteiger partial charge in [-0.05, 0) is 77.4 Å². The SMILES string of the molecule is Cc1cccc(OCC(=O)NN=Cc2ccc(O)c(I)c2)c1C. The highest BCUT2D eigenvalue weighted by atomic mass is 127. The van der Waals surface area contributed by atoms with Crippen molar-refractivity contribution in [2.75, 3.05) is 6.61 Å². The third-order valence-corrected chi connectivity index (χ3v) is 4.15. The second-order valence-corrected chi connectivity index (χ2v) is 6.15. The molecule has 23 heavy (non-hydrogen) atoms. The number of phenols is 1. The van der Waals surface area contributed by atoms with Gasteiger partial charge in [0, 0.05) is 0 Å². The molecule has 0 aromatic heterocycles. The Balaban J connectivity index is 1.86. The fraction of sp³-hybridized carbons (Fsp3) is 0.176. The van der Waals surface area contributed by atoms with E-state index in [1.165, 1.54) is 6.21 Å². The lowest BCUT2D eigenvalue weighted by atomic mass is 10.1. The lowest BCUT2D eigenvalue weighted by molar-refractivity contribution is -0.123. The summed E-state index contributed by atoms with van der Waals surface area (Å²) in [5, 5.41) is 13.3. The van der Waals surface area contributed by atoms with E-state index in [4.69, 9.17) is 4.74 Å². The summed E-state index contributed by atoms with van der Waals surface area (Å²) in [4.78, 5) is 11.7. The Kier molecular flexibility index (Phi) is 5.97. The Morgan fingerprint density at radius 1 is 1.35 bits per heavy atom. The third kappa shape index (κ3) is 4.95. The molecule has 1 amide bonds. The number of hydrazone groups is 1. The highest BCUT2D eigenvalue weighted by Crippen LogP contribution is 2.20. The average Bonchev–Trinajstić information content (AvgIpc) is 2.52. The van der Waals surface area contributed by atoms with E-state index in [0.717, 1.165) is 20.3 Å². The first-order chi connectivity index (χ1) is 11.0. The number of aromatic hydroxyl groups is 1. The predicted octanol–water partition coefficient (Wildman–Crippen LogP) is 3.14. The van der Waals surface area contributed by atoms with Crippen molar-refractivity contribution >= 4 is 34.7 Å². The molecule has 0 fully saturated rings. The molecular weight excluding hydrogens is 407 g/mol. The standard InChI is InChI=1S/C17H17IN2O3/c1-11-4-3-5-16(12(11)2)23-10-17(22)20-19-9-13-6-7-15(21)14(18)8-13/h3-9,21H,10H2,1-2H3,(H,20,22). The van der Waals surface area contributed by atoms with Crippen LogP contribution < -0.4 is 10.2 Å². The van der Waals surface area contributed by atoms with E-state index in [2.05, 4.69) is 10.5 Å². The van der Waals surface area contributed by atoms with E-state index < -0.39 is 0 Å². The Morgan fingerprint density at radius 3 is 2.87 bits per heavy atom. The molecule has 0 aliphatic rings. The molecule has 120 valence electrons. The number of nitrogens with zero attached hydrogens (tertiary/aromatic N) is 1. The third-order valence-electron chi connectivity index (χ3n) is 3.29. The summed E-state index contributed by atoms with van der Waals surface area (Å²) in [6.45, 7) is 3.84. The van der Waals surface area contributed by atoms with Gasteiger partial charge in [0.25, 0.3) is 5.91 Å². The maximum atomic E-state index is 11.7. The number of aryl methyl sites for hydroxylation is 1. The number of nitrogens with one attached hydrogen (secondary N) is 1. The molecule has 0 saturated carbocycles. The molecule has 0 aliphatic carbocycles. The summed E-state index contributed by atoms with van der Waals surface area (Å²) >= 11 is 2.02. The van der Waals surface area contributed by atoms with Crippen LogP contribution >= 0.6 is 22.6 Å². The average molecular weight is 424 g/mol. The van der Waals surface area contributed by atoms with Crippen LogP contribution in [0.15, 0.2) is 41.5 Å². The Bertz CT molecular complexity index is 745. The lowest BCUT2D eigenvalue weighted by Gasteiger charge is -2.09. The number of benzene rings is 2. The maximum Gasteiger partial charge on any atom is 0.277 e. The first kappa shape index (κ1) is 17.3. The van der Waals surface area contributed by atoms with E-state index in [0.29, 0.717) is 5.75 Å². The molecule has 0 heterocycles. The van der Waals surface area contributed by atoms with E-state index >= 15 is 0 Å². The van der Waals surface area contributed by atoms with Gasteiger partial charge in [-0.1, -0.05) is 12.1 Å². The number of ether oxygens (including phenoxy) is 1. The number of rotatable bonds is 5. The van der Waals surface area contributed by atoms with Crippen molar-refractivity contribution in [3.05, 3.63) is 56.7 Å². The van der Waals surface area contributed by atoms with Crippen LogP contribution in [-0.2, 0) is 4.79 Å². The van der Waals surface area contributed by atoms with Crippen molar-refractivity contribution in [1.29, 1.82) is 0 Å². The fourth-order valence-corrected chi connectivity index (χ4v) is 2.38. The normalized spacial score (nSPS) is 10.7. The van der Waals surface area contributed by atoms with E-state index in [9.17, 15) is 9.90 Å². The molecular formula is C17H17IN2O3. The Hall–Kier alpha value is -2.09. The van der Waals surface area contributed by atoms with Gasteiger partial charge < -0.3 is 9.84 Å². The van der Waals surface area contributed by atoms with Gasteiger partial charge in [-0.2, -0.15) is 5.10 Å². The molecule has 0 saturated heterocycles. The zero-order valence-electron chi connectivity index (χ0n) is 12.8. The summed E-state index contributed by atoms with van der Waals surface area (Å²) in [7, 11) is 0. The van der Waals surface area contributed by atoms with Gasteiger partial charge in [-0.15, -0.1) is 0 Å². The molecule has 6 heteroatoms. The van der Waals surface area contributed by atoms with Gasteiger partial charge >= 0.3 is 0 Å². The van der Waals surface area contributed by atoms with Crippen molar-refractivity contribution in [1.82, 2.24) is 5.43 Å². The zero-order valence-corrected chi connectivity index (χ0v) is 15.0. The number of carbonyl (C=O) groups excluding carboxylic acids is 1. The van der Waals surface area contributed by atoms with Crippen molar-refractivity contribution < 1.29 is 14.6 Å². The second kappa shape index (κ2) is 7.96. The molecule has 0 unspecified atom stereocenters. The summed E-state index contributed by atoms with van der Waals surface area (Å²) < 4.78 is 6.22. The van der Waals surface area contributed by atoms with Crippen molar-refractivity contribution in [3.63, 3.8) is 0 Å². The van der Waals surface area contributed by atoms with Gasteiger partial charge in [-0.25, -0.2) is 5.43 Å². The van der Waals surface area contributed by atoms with Crippen LogP contribution in [0.4, 0.5) is 0 Å². The van der Waals surface area contributed by atoms with Crippen LogP contribution in [0.5, 0.6) is 11.5 Å². The molecule has 0 bridgehead atoms. The molecule has 0 spiro atoms. The number of hydrogen-bond acceptors (Lipinski definition) is 4. The number of halogens is 1. The number of carbonyl (C=O) groups is 1. The topological polar surface area (TPSA) is 70.9 Å². The summed E-state index contributed by atoms with van der Waals surface area (Å²) in [5.74, 6) is 0.571. The second-order valence-electron chi connectivity index (χ2n) is 4.99. The van der Waals surface area contributed by atoms with Crippen LogP contribution in [0.2, 0.25) is 0 Å². The molecule has 2 aromatic rings. The molecule has 2 aromatic carbocycles. The molecule has 0 radical (unpaired) electrons. The minimum Gasteiger partial charge on any atom is -0.507 e. The van der Waals surface area contributed by atoms with E-state index in [1.54, 1.807) is 18.2 Å². The zero-order chi connectivity index (χ0) is 16.8. The van der Waals surface area contributed by atoms with Gasteiger partial charge in [0.2, 0.25) is 0 Å². The van der Waals surface area contributed by atoms with Gasteiger partial charge in [0.15, 0.2) is 6.61 Å². The smallest absolute Gasteiger partial charge is 0.277 e. The largest absolute Gasteiger partial charge is 0.507 e. The van der Waals surface area contributed by atoms with Crippen LogP contribution in [0.1, 0.15) is 16.7 Å². The molecule has 5 nitrogen and oxygen atoms in total. The first-order valence-corrected chi connectivity index (χ1v) is 8.04. The van der Waals surface area contributed by atoms with Gasteiger partial charge in [0.1, 0.15) is 11.5 Å². The maximum absolute atomic E-state index is 11.7. The monoisotopic (exact) mass is 424 g/mol. The van der Waals surface area contributed by atoms with Gasteiger partial charge in [-0.3, -0.25) is 4.79 Å². The van der Waals surface area contributed by atoms with E-state index in [1.807, 2.05) is 54.6 Å². The van der Waals surface area contributed by atoms with Crippen molar-refractivity contribution in [2.24, 2.45) is 5.10 Å². The van der Waals surface area contributed by atoms with Crippen molar-refractivity contribution in [3.8, 4) is 11.5 Å². The lowest BCUT2D eigenvalue weighted by Crippen LogP contribution is -2.24. The number of hydrogen-bond donors (Lipinski definition) is 2. The van der Waals surface area contributed by atoms with Crippen LogP contribution in [0.25, 0.3) is 0 Å². The molecule has 0 atom stereocenters. The van der Waals surface area contributed by atoms with Crippen molar-refractivity contribution in [2.45, 2.75) is 13.8 Å². The molecule has 0 aliphatic heterocycles. The van der Waals surface area contributed by atoms with Crippen LogP contribution in [0, 0.1) is 17.4 Å². The number of amides is 1. The first-order valence-electron chi connectivity index (χ1n) is 6.97. The predicted molar refractivity (Wildman–Crippen MR) is 98.0 cm³/mol. The highest BCUT2D eigenvalue weighted by Gasteiger charge is 2.05. The summed E-state index contributed by atoms with van der Waals surface area (Å²) in [5.41, 5.74) is 5.32. The summed E-state index contributed by atoms with van der Waals surface area (Å²) in [6, 6.07) is 10.8. The fourth-order valence-electron chi connectivity index (χ4n) is 1.84. The highest BCUT2D eigenvalue weighted by molar-refractivity contribution is 14.1. The summed E-state index contributed by atoms with van der Waals surface area (Å²) in [6.07, 6.45) is 1.51. The quantitative estimate of drug-likeness (QED) is 0.440. The molecule has 2 N–H and O–H groups in total. The minimum atomic E-state index is -0.337. The van der Waals surface area contributed by atoms with Crippen LogP contribution in [-0.4, -0.2) is 23.8 Å². The Morgan fingerprint density at radius 2 is 2.13 bits per heavy atom. The van der Waals surface area contributed by atoms with E-state index in [-0.39, 0.29) is 18.3 Å². The van der Waals surface area contributed by atoms with Gasteiger partial charge in [0.05, 0.1) is 9.78 Å². The minimum absolute atomic E-state index is 0.102.